The molecule has 3 N–H and O–H groups in total. The number of para-hydroxylation sites is 1. The maximum absolute atomic E-state index is 13.6. The molecule has 0 aliphatic heterocycles. The summed E-state index contributed by atoms with van der Waals surface area (Å²) in [5.41, 5.74) is 4.78. The number of aromatic nitrogens is 2. The minimum Gasteiger partial charge on any atom is -0.427 e. The average molecular weight is 277 g/mol. The van der Waals surface area contributed by atoms with Crippen molar-refractivity contribution in [2.24, 2.45) is 5.73 Å². The standard InChI is InChI=1S/C11H8FN5O3/c12-6-2-1-3-8(17(18)19)10(6)20-9-5-15-7(4-16-9)11(13)14/h1-5H,(H3,13,14). The van der Waals surface area contributed by atoms with Crippen LogP contribution in [-0.4, -0.2) is 20.7 Å². The van der Waals surface area contributed by atoms with Crippen LogP contribution in [0.4, 0.5) is 10.1 Å². The molecule has 1 aromatic carbocycles. The highest BCUT2D eigenvalue weighted by Gasteiger charge is 2.20. The van der Waals surface area contributed by atoms with Crippen molar-refractivity contribution >= 4 is 11.5 Å². The Morgan fingerprint density at radius 1 is 1.40 bits per heavy atom. The maximum Gasteiger partial charge on any atom is 0.314 e. The zero-order chi connectivity index (χ0) is 14.7. The number of nitro benzene ring substituents is 1. The number of nitro groups is 1. The van der Waals surface area contributed by atoms with Gasteiger partial charge in [0, 0.05) is 6.07 Å². The second-order valence-electron chi connectivity index (χ2n) is 3.60. The van der Waals surface area contributed by atoms with E-state index < -0.39 is 22.2 Å². The van der Waals surface area contributed by atoms with Crippen LogP contribution < -0.4 is 10.5 Å². The fourth-order valence-corrected chi connectivity index (χ4v) is 1.35. The first kappa shape index (κ1) is 13.3. The van der Waals surface area contributed by atoms with Crippen LogP contribution in [0.5, 0.6) is 11.6 Å². The van der Waals surface area contributed by atoms with Gasteiger partial charge in [-0.3, -0.25) is 15.5 Å². The van der Waals surface area contributed by atoms with Crippen LogP contribution in [-0.2, 0) is 0 Å². The lowest BCUT2D eigenvalue weighted by Crippen LogP contribution is -2.13. The number of ether oxygens (including phenoxy) is 1. The third kappa shape index (κ3) is 2.66. The first-order valence-electron chi connectivity index (χ1n) is 5.26. The van der Waals surface area contributed by atoms with Crippen molar-refractivity contribution < 1.29 is 14.1 Å². The highest BCUT2D eigenvalue weighted by Crippen LogP contribution is 2.32. The number of benzene rings is 1. The predicted octanol–water partition coefficient (Wildman–Crippen LogP) is 1.60. The molecular weight excluding hydrogens is 269 g/mol. The van der Waals surface area contributed by atoms with Crippen LogP contribution in [0.3, 0.4) is 0 Å². The lowest BCUT2D eigenvalue weighted by Gasteiger charge is -2.06. The number of hydrogen-bond donors (Lipinski definition) is 2. The van der Waals surface area contributed by atoms with E-state index in [1.165, 1.54) is 6.07 Å². The molecule has 0 aliphatic rings. The molecule has 8 nitrogen and oxygen atoms in total. The molecule has 20 heavy (non-hydrogen) atoms. The van der Waals surface area contributed by atoms with Crippen molar-refractivity contribution in [2.75, 3.05) is 0 Å². The van der Waals surface area contributed by atoms with Crippen LogP contribution in [0.1, 0.15) is 5.69 Å². The normalized spacial score (nSPS) is 10.1. The molecule has 1 heterocycles. The minimum atomic E-state index is -0.892. The van der Waals surface area contributed by atoms with E-state index in [4.69, 9.17) is 15.9 Å². The Kier molecular flexibility index (Phi) is 3.51. The minimum absolute atomic E-state index is 0.111. The Hall–Kier alpha value is -3.10. The summed E-state index contributed by atoms with van der Waals surface area (Å²) < 4.78 is 18.6. The van der Waals surface area contributed by atoms with Gasteiger partial charge in [0.05, 0.1) is 17.3 Å². The first-order chi connectivity index (χ1) is 9.49. The second-order valence-corrected chi connectivity index (χ2v) is 3.60. The Balaban J connectivity index is 2.34. The third-order valence-electron chi connectivity index (χ3n) is 2.25. The van der Waals surface area contributed by atoms with Crippen molar-refractivity contribution in [3.63, 3.8) is 0 Å². The molecule has 9 heteroatoms. The van der Waals surface area contributed by atoms with E-state index in [1.807, 2.05) is 0 Å². The van der Waals surface area contributed by atoms with Gasteiger partial charge in [-0.15, -0.1) is 0 Å². The van der Waals surface area contributed by atoms with E-state index in [0.717, 1.165) is 24.5 Å². The molecule has 2 aromatic rings. The smallest absolute Gasteiger partial charge is 0.314 e. The van der Waals surface area contributed by atoms with Gasteiger partial charge in [-0.1, -0.05) is 6.07 Å². The predicted molar refractivity (Wildman–Crippen MR) is 66.2 cm³/mol. The summed E-state index contributed by atoms with van der Waals surface area (Å²) in [5, 5.41) is 17.9. The molecule has 0 saturated heterocycles. The van der Waals surface area contributed by atoms with Crippen molar-refractivity contribution in [3.05, 3.63) is 52.2 Å². The summed E-state index contributed by atoms with van der Waals surface area (Å²) in [7, 11) is 0. The molecule has 102 valence electrons. The molecule has 0 unspecified atom stereocenters. The molecular formula is C11H8FN5O3. The Morgan fingerprint density at radius 3 is 2.70 bits per heavy atom. The maximum atomic E-state index is 13.6. The van der Waals surface area contributed by atoms with Gasteiger partial charge in [0.2, 0.25) is 11.6 Å². The SMILES string of the molecule is N=C(N)c1cnc(Oc2c(F)cccc2[N+](=O)[O-])cn1. The third-order valence-corrected chi connectivity index (χ3v) is 2.25. The second kappa shape index (κ2) is 5.26. The lowest BCUT2D eigenvalue weighted by atomic mass is 10.3. The summed E-state index contributed by atoms with van der Waals surface area (Å²) in [6.45, 7) is 0. The molecule has 0 bridgehead atoms. The molecule has 0 radical (unpaired) electrons. The molecule has 0 spiro atoms. The van der Waals surface area contributed by atoms with Gasteiger partial charge in [0.1, 0.15) is 11.5 Å². The fourth-order valence-electron chi connectivity index (χ4n) is 1.35. The molecule has 2 rings (SSSR count). The quantitative estimate of drug-likeness (QED) is 0.378. The number of halogens is 1. The van der Waals surface area contributed by atoms with Gasteiger partial charge in [0.25, 0.3) is 0 Å². The topological polar surface area (TPSA) is 128 Å². The summed E-state index contributed by atoms with van der Waals surface area (Å²) in [6.07, 6.45) is 2.23. The number of nitrogens with one attached hydrogen (secondary N) is 1. The average Bonchev–Trinajstić information content (AvgIpc) is 2.41. The van der Waals surface area contributed by atoms with Gasteiger partial charge < -0.3 is 10.5 Å². The van der Waals surface area contributed by atoms with E-state index >= 15 is 0 Å². The Bertz CT molecular complexity index is 674. The van der Waals surface area contributed by atoms with Crippen molar-refractivity contribution in [1.82, 2.24) is 9.97 Å². The Labute approximate surface area is 111 Å². The monoisotopic (exact) mass is 277 g/mol. The van der Waals surface area contributed by atoms with Crippen molar-refractivity contribution in [1.29, 1.82) is 5.41 Å². The number of rotatable bonds is 4. The van der Waals surface area contributed by atoms with Crippen molar-refractivity contribution in [3.8, 4) is 11.6 Å². The van der Waals surface area contributed by atoms with E-state index in [2.05, 4.69) is 9.97 Å². The van der Waals surface area contributed by atoms with Gasteiger partial charge in [0.15, 0.2) is 5.82 Å². The van der Waals surface area contributed by atoms with Gasteiger partial charge in [-0.05, 0) is 6.07 Å². The Morgan fingerprint density at radius 2 is 2.15 bits per heavy atom. The number of nitrogen functional groups attached to an aromatic ring is 1. The summed E-state index contributed by atoms with van der Waals surface area (Å²) in [5.74, 6) is -1.89. The van der Waals surface area contributed by atoms with Crippen LogP contribution in [0.15, 0.2) is 30.6 Å². The molecule has 0 aliphatic carbocycles. The highest BCUT2D eigenvalue weighted by atomic mass is 19.1. The molecule has 0 amide bonds. The largest absolute Gasteiger partial charge is 0.427 e. The summed E-state index contributed by atoms with van der Waals surface area (Å²) >= 11 is 0. The number of amidine groups is 1. The zero-order valence-electron chi connectivity index (χ0n) is 9.91. The van der Waals surface area contributed by atoms with E-state index in [-0.39, 0.29) is 17.4 Å². The van der Waals surface area contributed by atoms with Crippen LogP contribution in [0.2, 0.25) is 0 Å². The van der Waals surface area contributed by atoms with Crippen molar-refractivity contribution in [2.45, 2.75) is 0 Å². The summed E-state index contributed by atoms with van der Waals surface area (Å²) in [4.78, 5) is 17.5. The highest BCUT2D eigenvalue weighted by molar-refractivity contribution is 5.92. The van der Waals surface area contributed by atoms with Gasteiger partial charge in [-0.2, -0.15) is 0 Å². The van der Waals surface area contributed by atoms with E-state index in [9.17, 15) is 14.5 Å². The van der Waals surface area contributed by atoms with Crippen LogP contribution >= 0.6 is 0 Å². The molecule has 0 atom stereocenters. The van der Waals surface area contributed by atoms with Crippen LogP contribution in [0, 0.1) is 21.3 Å². The molecule has 1 aromatic heterocycles. The number of nitrogens with two attached hydrogens (primary N) is 1. The number of nitrogens with zero attached hydrogens (tertiary/aromatic N) is 3. The first-order valence-corrected chi connectivity index (χ1v) is 5.26. The van der Waals surface area contributed by atoms with Gasteiger partial charge >= 0.3 is 5.69 Å². The number of hydrogen-bond acceptors (Lipinski definition) is 6. The van der Waals surface area contributed by atoms with Crippen LogP contribution in [0.25, 0.3) is 0 Å². The van der Waals surface area contributed by atoms with E-state index in [0.29, 0.717) is 0 Å². The van der Waals surface area contributed by atoms with E-state index in [1.54, 1.807) is 0 Å². The fraction of sp³-hybridized carbons (Fsp3) is 0. The summed E-state index contributed by atoms with van der Waals surface area (Å²) in [6, 6.07) is 3.33. The molecule has 0 fully saturated rings. The molecule has 0 saturated carbocycles. The lowest BCUT2D eigenvalue weighted by molar-refractivity contribution is -0.385. The zero-order valence-corrected chi connectivity index (χ0v) is 9.91. The van der Waals surface area contributed by atoms with Gasteiger partial charge in [-0.25, -0.2) is 14.4 Å².